The van der Waals surface area contributed by atoms with Crippen LogP contribution in [0.25, 0.3) is 11.0 Å². The molecule has 10 heteroatoms. The molecular formula is C24H21F3O7. The Labute approximate surface area is 191 Å². The summed E-state index contributed by atoms with van der Waals surface area (Å²) < 4.78 is 64.1. The first kappa shape index (κ1) is 23.8. The Bertz CT molecular complexity index is 1280. The van der Waals surface area contributed by atoms with Crippen molar-refractivity contribution in [2.45, 2.75) is 43.4 Å². The highest BCUT2D eigenvalue weighted by Crippen LogP contribution is 2.47. The van der Waals surface area contributed by atoms with Gasteiger partial charge in [-0.05, 0) is 19.9 Å². The van der Waals surface area contributed by atoms with Gasteiger partial charge in [-0.15, -0.1) is 0 Å². The lowest BCUT2D eigenvalue weighted by atomic mass is 9.86. The van der Waals surface area contributed by atoms with E-state index in [1.807, 2.05) is 0 Å². The highest BCUT2D eigenvalue weighted by molar-refractivity contribution is 5.86. The number of aliphatic hydroxyl groups excluding tert-OH is 1. The molecule has 0 saturated heterocycles. The second kappa shape index (κ2) is 8.14. The van der Waals surface area contributed by atoms with Crippen molar-refractivity contribution in [1.29, 1.82) is 0 Å². The number of hydrogen-bond acceptors (Lipinski definition) is 7. The molecule has 34 heavy (non-hydrogen) atoms. The minimum atomic E-state index is -5.22. The summed E-state index contributed by atoms with van der Waals surface area (Å²) in [6.07, 6.45) is -8.54. The van der Waals surface area contributed by atoms with Crippen molar-refractivity contribution < 1.29 is 41.7 Å². The minimum Gasteiger partial charge on any atom is -0.477 e. The van der Waals surface area contributed by atoms with Crippen molar-refractivity contribution in [3.63, 3.8) is 0 Å². The number of rotatable bonds is 4. The second-order valence-corrected chi connectivity index (χ2v) is 8.35. The van der Waals surface area contributed by atoms with Crippen molar-refractivity contribution in [1.82, 2.24) is 0 Å². The average molecular weight is 478 g/mol. The van der Waals surface area contributed by atoms with Crippen LogP contribution in [0.1, 0.15) is 31.1 Å². The third kappa shape index (κ3) is 3.54. The van der Waals surface area contributed by atoms with Gasteiger partial charge in [0.2, 0.25) is 5.75 Å². The van der Waals surface area contributed by atoms with Gasteiger partial charge in [-0.25, -0.2) is 9.59 Å². The average Bonchev–Trinajstić information content (AvgIpc) is 2.77. The van der Waals surface area contributed by atoms with E-state index >= 15 is 0 Å². The Hall–Kier alpha value is -3.37. The molecular weight excluding hydrogens is 457 g/mol. The van der Waals surface area contributed by atoms with Gasteiger partial charge in [0.25, 0.3) is 5.60 Å². The molecule has 180 valence electrons. The Morgan fingerprint density at radius 3 is 2.29 bits per heavy atom. The molecule has 4 rings (SSSR count). The summed E-state index contributed by atoms with van der Waals surface area (Å²) in [5.74, 6) is -2.17. The number of esters is 1. The predicted molar refractivity (Wildman–Crippen MR) is 113 cm³/mol. The Morgan fingerprint density at radius 2 is 1.68 bits per heavy atom. The Balaban J connectivity index is 1.91. The number of benzene rings is 2. The van der Waals surface area contributed by atoms with Crippen LogP contribution in [0.5, 0.6) is 5.75 Å². The highest BCUT2D eigenvalue weighted by Gasteiger charge is 2.65. The van der Waals surface area contributed by atoms with E-state index in [1.165, 1.54) is 44.2 Å². The zero-order valence-corrected chi connectivity index (χ0v) is 18.4. The van der Waals surface area contributed by atoms with E-state index in [0.29, 0.717) is 0 Å². The molecule has 0 aliphatic carbocycles. The number of methoxy groups -OCH3 is 1. The molecule has 0 saturated carbocycles. The van der Waals surface area contributed by atoms with Gasteiger partial charge in [-0.2, -0.15) is 13.2 Å². The van der Waals surface area contributed by atoms with Crippen molar-refractivity contribution in [3.05, 3.63) is 76.1 Å². The van der Waals surface area contributed by atoms with Gasteiger partial charge in [-0.3, -0.25) is 0 Å². The molecule has 1 aromatic heterocycles. The van der Waals surface area contributed by atoms with E-state index < -0.39 is 46.7 Å². The number of fused-ring (bicyclic) bond motifs is 3. The van der Waals surface area contributed by atoms with E-state index in [2.05, 4.69) is 0 Å². The number of hydrogen-bond donors (Lipinski definition) is 1. The van der Waals surface area contributed by atoms with Gasteiger partial charge >= 0.3 is 17.8 Å². The maximum absolute atomic E-state index is 14.4. The van der Waals surface area contributed by atoms with Crippen LogP contribution in [-0.4, -0.2) is 36.1 Å². The van der Waals surface area contributed by atoms with E-state index in [-0.39, 0.29) is 22.3 Å². The number of para-hydroxylation sites is 1. The third-order valence-electron chi connectivity index (χ3n) is 5.87. The van der Waals surface area contributed by atoms with Gasteiger partial charge in [-0.1, -0.05) is 48.5 Å². The molecule has 0 fully saturated rings. The first-order valence-electron chi connectivity index (χ1n) is 10.3. The summed E-state index contributed by atoms with van der Waals surface area (Å²) in [6, 6.07) is 12.4. The lowest BCUT2D eigenvalue weighted by Gasteiger charge is -2.42. The number of carbonyl (C=O) groups is 1. The van der Waals surface area contributed by atoms with Crippen LogP contribution in [-0.2, 0) is 19.9 Å². The SMILES string of the molecule is CO[C@@](C(=O)O[C@@H]1c2c(c(=O)oc3ccccc23)OC(C)(C)[C@@H]1O)(c1ccccc1)C(F)(F)F. The van der Waals surface area contributed by atoms with Crippen LogP contribution in [0.3, 0.4) is 0 Å². The molecule has 0 amide bonds. The summed E-state index contributed by atoms with van der Waals surface area (Å²) in [5.41, 5.74) is -6.42. The van der Waals surface area contributed by atoms with Crippen LogP contribution in [0.2, 0.25) is 0 Å². The fourth-order valence-corrected chi connectivity index (χ4v) is 4.09. The van der Waals surface area contributed by atoms with Crippen molar-refractivity contribution in [2.75, 3.05) is 7.11 Å². The number of halogens is 3. The number of carbonyl (C=O) groups excluding carboxylic acids is 1. The van der Waals surface area contributed by atoms with Crippen LogP contribution in [0.15, 0.2) is 63.8 Å². The van der Waals surface area contributed by atoms with Gasteiger partial charge in [0.05, 0.1) is 5.56 Å². The van der Waals surface area contributed by atoms with E-state index in [1.54, 1.807) is 12.1 Å². The minimum absolute atomic E-state index is 0.0830. The second-order valence-electron chi connectivity index (χ2n) is 8.35. The molecule has 3 atom stereocenters. The van der Waals surface area contributed by atoms with E-state index in [0.717, 1.165) is 19.2 Å². The summed E-state index contributed by atoms with van der Waals surface area (Å²) >= 11 is 0. The van der Waals surface area contributed by atoms with Crippen molar-refractivity contribution in [2.24, 2.45) is 0 Å². The number of aliphatic hydroxyl groups is 1. The molecule has 1 aliphatic rings. The van der Waals surface area contributed by atoms with E-state index in [9.17, 15) is 27.9 Å². The molecule has 2 aromatic carbocycles. The normalized spacial score (nSPS) is 21.3. The van der Waals surface area contributed by atoms with Gasteiger partial charge in [0.15, 0.2) is 6.10 Å². The molecule has 7 nitrogen and oxygen atoms in total. The zero-order chi connectivity index (χ0) is 24.9. The largest absolute Gasteiger partial charge is 0.477 e. The van der Waals surface area contributed by atoms with Crippen LogP contribution >= 0.6 is 0 Å². The van der Waals surface area contributed by atoms with Crippen molar-refractivity contribution >= 4 is 16.9 Å². The molecule has 1 aliphatic heterocycles. The Morgan fingerprint density at radius 1 is 1.06 bits per heavy atom. The maximum Gasteiger partial charge on any atom is 0.432 e. The first-order valence-corrected chi connectivity index (χ1v) is 10.3. The summed E-state index contributed by atoms with van der Waals surface area (Å²) in [7, 11) is 0.740. The van der Waals surface area contributed by atoms with Crippen LogP contribution < -0.4 is 10.4 Å². The standard InChI is InChI=1S/C24H21F3O7/c1-22(2)19(28)17(16-14-11-7-8-12-15(14)32-20(29)18(16)34-22)33-21(30)23(31-3,24(25,26)27)13-9-5-4-6-10-13/h4-12,17,19,28H,1-3H3/t17-,19-,23-/m1/s1. The smallest absolute Gasteiger partial charge is 0.432 e. The van der Waals surface area contributed by atoms with Crippen LogP contribution in [0, 0.1) is 0 Å². The van der Waals surface area contributed by atoms with Gasteiger partial charge < -0.3 is 23.7 Å². The van der Waals surface area contributed by atoms with Crippen molar-refractivity contribution in [3.8, 4) is 5.75 Å². The molecule has 0 radical (unpaired) electrons. The molecule has 0 unspecified atom stereocenters. The van der Waals surface area contributed by atoms with Gasteiger partial charge in [0.1, 0.15) is 17.3 Å². The van der Waals surface area contributed by atoms with E-state index in [4.69, 9.17) is 18.6 Å². The summed E-state index contributed by atoms with van der Waals surface area (Å²) in [4.78, 5) is 25.9. The van der Waals surface area contributed by atoms with Gasteiger partial charge in [0, 0.05) is 18.1 Å². The topological polar surface area (TPSA) is 95.2 Å². The molecule has 0 bridgehead atoms. The maximum atomic E-state index is 14.4. The molecule has 0 spiro atoms. The fraction of sp³-hybridized carbons (Fsp3) is 0.333. The lowest BCUT2D eigenvalue weighted by Crippen LogP contribution is -2.55. The monoisotopic (exact) mass is 478 g/mol. The molecule has 3 aromatic rings. The molecule has 2 heterocycles. The fourth-order valence-electron chi connectivity index (χ4n) is 4.09. The number of alkyl halides is 3. The molecule has 1 N–H and O–H groups in total. The number of ether oxygens (including phenoxy) is 3. The third-order valence-corrected chi connectivity index (χ3v) is 5.87. The summed E-state index contributed by atoms with van der Waals surface area (Å²) in [6.45, 7) is 2.81. The Kier molecular flexibility index (Phi) is 5.69. The lowest BCUT2D eigenvalue weighted by molar-refractivity contribution is -0.281. The van der Waals surface area contributed by atoms with Crippen LogP contribution in [0.4, 0.5) is 13.2 Å². The quantitative estimate of drug-likeness (QED) is 0.447. The zero-order valence-electron chi connectivity index (χ0n) is 18.4. The first-order chi connectivity index (χ1) is 15.9. The predicted octanol–water partition coefficient (Wildman–Crippen LogP) is 4.01. The summed E-state index contributed by atoms with van der Waals surface area (Å²) in [5, 5.41) is 11.2. The highest BCUT2D eigenvalue weighted by atomic mass is 19.4.